The largest absolute Gasteiger partial charge is 0.507 e. The van der Waals surface area contributed by atoms with Crippen molar-refractivity contribution < 1.29 is 19.3 Å². The number of methoxy groups -OCH3 is 2. The van der Waals surface area contributed by atoms with Crippen LogP contribution in [0, 0.1) is 0 Å². The average Bonchev–Trinajstić information content (AvgIpc) is 2.69. The maximum atomic E-state index is 11.3. The number of benzene rings is 2. The molecule has 1 aliphatic rings. The van der Waals surface area contributed by atoms with Crippen LogP contribution in [0.1, 0.15) is 45.6 Å². The Morgan fingerprint density at radius 3 is 2.18 bits per heavy atom. The van der Waals surface area contributed by atoms with Crippen molar-refractivity contribution in [1.82, 2.24) is 0 Å². The van der Waals surface area contributed by atoms with Gasteiger partial charge in [0.15, 0.2) is 0 Å². The standard InChI is InChI=1S/C23H31O4P/c1-23(2,3)16-10-8-13-19(21(16)24)28(20-14-6-7-15-27-20)22-17(25-4)11-9-12-18(22)26-5/h8-13,20,24H,6-7,14-15H2,1-5H3. The predicted molar refractivity (Wildman–Crippen MR) is 116 cm³/mol. The molecule has 2 atom stereocenters. The van der Waals surface area contributed by atoms with Crippen LogP contribution in [0.4, 0.5) is 0 Å². The summed E-state index contributed by atoms with van der Waals surface area (Å²) in [5.74, 6) is 1.94. The van der Waals surface area contributed by atoms with Crippen molar-refractivity contribution in [3.63, 3.8) is 0 Å². The molecule has 1 heterocycles. The van der Waals surface area contributed by atoms with E-state index in [2.05, 4.69) is 20.8 Å². The van der Waals surface area contributed by atoms with Gasteiger partial charge in [0, 0.05) is 11.9 Å². The zero-order chi connectivity index (χ0) is 20.3. The van der Waals surface area contributed by atoms with Crippen molar-refractivity contribution in [2.24, 2.45) is 0 Å². The molecule has 0 aromatic heterocycles. The fourth-order valence-corrected chi connectivity index (χ4v) is 6.68. The zero-order valence-electron chi connectivity index (χ0n) is 17.5. The molecule has 1 aliphatic heterocycles. The average molecular weight is 402 g/mol. The van der Waals surface area contributed by atoms with E-state index in [1.807, 2.05) is 36.4 Å². The van der Waals surface area contributed by atoms with Crippen molar-refractivity contribution in [1.29, 1.82) is 0 Å². The lowest BCUT2D eigenvalue weighted by Gasteiger charge is -2.34. The number of hydrogen-bond donors (Lipinski definition) is 1. The maximum Gasteiger partial charge on any atom is 0.130 e. The monoisotopic (exact) mass is 402 g/mol. The second kappa shape index (κ2) is 8.71. The van der Waals surface area contributed by atoms with E-state index in [-0.39, 0.29) is 11.3 Å². The van der Waals surface area contributed by atoms with Crippen molar-refractivity contribution >= 4 is 18.5 Å². The summed E-state index contributed by atoms with van der Waals surface area (Å²) in [4.78, 5) is 0. The molecule has 2 unspecified atom stereocenters. The van der Waals surface area contributed by atoms with Crippen LogP contribution in [0.2, 0.25) is 0 Å². The van der Waals surface area contributed by atoms with Gasteiger partial charge in [0.05, 0.1) is 25.4 Å². The molecule has 5 heteroatoms. The molecule has 3 rings (SSSR count). The summed E-state index contributed by atoms with van der Waals surface area (Å²) in [5, 5.41) is 13.2. The molecule has 2 aromatic carbocycles. The number of aromatic hydroxyl groups is 1. The third-order valence-corrected chi connectivity index (χ3v) is 7.95. The quantitative estimate of drug-likeness (QED) is 0.739. The summed E-state index contributed by atoms with van der Waals surface area (Å²) in [7, 11) is 2.33. The van der Waals surface area contributed by atoms with Crippen molar-refractivity contribution in [2.45, 2.75) is 51.3 Å². The first-order valence-electron chi connectivity index (χ1n) is 9.82. The van der Waals surface area contributed by atoms with Gasteiger partial charge in [0.25, 0.3) is 0 Å². The third-order valence-electron chi connectivity index (χ3n) is 5.17. The summed E-state index contributed by atoms with van der Waals surface area (Å²) in [6.07, 6.45) is 3.17. The Balaban J connectivity index is 2.24. The number of rotatable bonds is 5. The van der Waals surface area contributed by atoms with Crippen LogP contribution in [0.3, 0.4) is 0 Å². The van der Waals surface area contributed by atoms with Gasteiger partial charge < -0.3 is 19.3 Å². The van der Waals surface area contributed by atoms with Gasteiger partial charge in [-0.15, -0.1) is 0 Å². The minimum Gasteiger partial charge on any atom is -0.507 e. The smallest absolute Gasteiger partial charge is 0.130 e. The first kappa shape index (κ1) is 21.0. The fourth-order valence-electron chi connectivity index (χ4n) is 3.75. The van der Waals surface area contributed by atoms with E-state index in [0.717, 1.165) is 53.5 Å². The van der Waals surface area contributed by atoms with Crippen LogP contribution in [0.5, 0.6) is 17.2 Å². The first-order valence-corrected chi connectivity index (χ1v) is 11.2. The van der Waals surface area contributed by atoms with Crippen molar-refractivity contribution in [3.8, 4) is 17.2 Å². The molecule has 1 saturated heterocycles. The highest BCUT2D eigenvalue weighted by atomic mass is 31.1. The summed E-state index contributed by atoms with van der Waals surface area (Å²) in [6, 6.07) is 11.9. The highest BCUT2D eigenvalue weighted by molar-refractivity contribution is 7.74. The Hall–Kier alpha value is -1.77. The van der Waals surface area contributed by atoms with Crippen LogP contribution in [-0.4, -0.2) is 31.8 Å². The Bertz CT molecular complexity index is 784. The van der Waals surface area contributed by atoms with Gasteiger partial charge in [0.1, 0.15) is 17.2 Å². The van der Waals surface area contributed by atoms with E-state index in [1.165, 1.54) is 0 Å². The number of phenolic OH excluding ortho intramolecular Hbond substituents is 1. The van der Waals surface area contributed by atoms with E-state index in [0.29, 0.717) is 5.75 Å². The topological polar surface area (TPSA) is 47.9 Å². The highest BCUT2D eigenvalue weighted by Crippen LogP contribution is 2.51. The van der Waals surface area contributed by atoms with Gasteiger partial charge >= 0.3 is 0 Å². The zero-order valence-corrected chi connectivity index (χ0v) is 18.4. The van der Waals surface area contributed by atoms with Crippen LogP contribution in [0.15, 0.2) is 36.4 Å². The minimum absolute atomic E-state index is 0.0232. The SMILES string of the molecule is COc1cccc(OC)c1P(c1cccc(C(C)(C)C)c1O)C1CCCCO1. The summed E-state index contributed by atoms with van der Waals surface area (Å²) in [5.41, 5.74) is 0.793. The Labute approximate surface area is 169 Å². The molecule has 28 heavy (non-hydrogen) atoms. The van der Waals surface area contributed by atoms with E-state index in [9.17, 15) is 5.11 Å². The molecule has 0 bridgehead atoms. The number of phenols is 1. The second-order valence-electron chi connectivity index (χ2n) is 8.13. The predicted octanol–water partition coefficient (Wildman–Crippen LogP) is 4.67. The summed E-state index contributed by atoms with van der Waals surface area (Å²) >= 11 is 0. The van der Waals surface area contributed by atoms with Crippen LogP contribution < -0.4 is 20.1 Å². The third kappa shape index (κ3) is 4.14. The second-order valence-corrected chi connectivity index (χ2v) is 10.4. The number of ether oxygens (including phenoxy) is 3. The molecule has 0 amide bonds. The molecule has 0 aliphatic carbocycles. The number of hydrogen-bond acceptors (Lipinski definition) is 4. The van der Waals surface area contributed by atoms with Crippen LogP contribution in [-0.2, 0) is 10.2 Å². The minimum atomic E-state index is -1.03. The van der Waals surface area contributed by atoms with Gasteiger partial charge in [-0.05, 0) is 50.3 Å². The molecule has 152 valence electrons. The lowest BCUT2D eigenvalue weighted by molar-refractivity contribution is 0.0700. The van der Waals surface area contributed by atoms with Crippen molar-refractivity contribution in [3.05, 3.63) is 42.0 Å². The normalized spacial score (nSPS) is 18.5. The molecule has 1 N–H and O–H groups in total. The highest BCUT2D eigenvalue weighted by Gasteiger charge is 2.35. The number of para-hydroxylation sites is 1. The van der Waals surface area contributed by atoms with Gasteiger partial charge in [-0.25, -0.2) is 0 Å². The molecule has 2 aromatic rings. The van der Waals surface area contributed by atoms with E-state index in [1.54, 1.807) is 14.2 Å². The van der Waals surface area contributed by atoms with Gasteiger partial charge in [0.2, 0.25) is 0 Å². The fraction of sp³-hybridized carbons (Fsp3) is 0.478. The van der Waals surface area contributed by atoms with Gasteiger partial charge in [-0.3, -0.25) is 0 Å². The Morgan fingerprint density at radius 1 is 1.00 bits per heavy atom. The molecule has 4 nitrogen and oxygen atoms in total. The summed E-state index contributed by atoms with van der Waals surface area (Å²) in [6.45, 7) is 7.11. The van der Waals surface area contributed by atoms with E-state index < -0.39 is 7.92 Å². The molecule has 1 fully saturated rings. The maximum absolute atomic E-state index is 11.3. The molecule has 0 spiro atoms. The van der Waals surface area contributed by atoms with E-state index >= 15 is 0 Å². The molecule has 0 saturated carbocycles. The van der Waals surface area contributed by atoms with Gasteiger partial charge in [-0.1, -0.05) is 45.0 Å². The van der Waals surface area contributed by atoms with E-state index in [4.69, 9.17) is 14.2 Å². The summed E-state index contributed by atoms with van der Waals surface area (Å²) < 4.78 is 17.7. The van der Waals surface area contributed by atoms with Crippen molar-refractivity contribution in [2.75, 3.05) is 20.8 Å². The lowest BCUT2D eigenvalue weighted by atomic mass is 9.86. The van der Waals surface area contributed by atoms with Crippen LogP contribution in [0.25, 0.3) is 0 Å². The lowest BCUT2D eigenvalue weighted by Crippen LogP contribution is -2.29. The Morgan fingerprint density at radius 2 is 1.64 bits per heavy atom. The molecular weight excluding hydrogens is 371 g/mol. The Kier molecular flexibility index (Phi) is 6.52. The molecule has 0 radical (unpaired) electrons. The first-order chi connectivity index (χ1) is 13.4. The van der Waals surface area contributed by atoms with Crippen LogP contribution >= 0.6 is 7.92 Å². The molecular formula is C23H31O4P. The van der Waals surface area contributed by atoms with Gasteiger partial charge in [-0.2, -0.15) is 0 Å².